The van der Waals surface area contributed by atoms with Gasteiger partial charge in [-0.05, 0) is 61.7 Å². The molecular weight excluding hydrogens is 594 g/mol. The van der Waals surface area contributed by atoms with Gasteiger partial charge in [0, 0.05) is 37.4 Å². The largest absolute Gasteiger partial charge is 0.491 e. The number of benzene rings is 2. The van der Waals surface area contributed by atoms with Crippen molar-refractivity contribution < 1.29 is 36.5 Å². The number of rotatable bonds is 12. The van der Waals surface area contributed by atoms with Crippen molar-refractivity contribution in [2.24, 2.45) is 0 Å². The predicted octanol–water partition coefficient (Wildman–Crippen LogP) is 1.86. The number of sulfone groups is 1. The lowest BCUT2D eigenvalue weighted by Gasteiger charge is -2.38. The van der Waals surface area contributed by atoms with E-state index in [0.717, 1.165) is 11.3 Å². The normalized spacial score (nSPS) is 19.8. The number of hydrogen-bond acceptors (Lipinski definition) is 10. The molecule has 0 radical (unpaired) electrons. The van der Waals surface area contributed by atoms with Crippen LogP contribution in [0.1, 0.15) is 19.3 Å². The van der Waals surface area contributed by atoms with Crippen LogP contribution >= 0.6 is 0 Å². The van der Waals surface area contributed by atoms with Gasteiger partial charge < -0.3 is 25.0 Å². The molecule has 2 saturated heterocycles. The van der Waals surface area contributed by atoms with Gasteiger partial charge in [-0.25, -0.2) is 16.8 Å². The van der Waals surface area contributed by atoms with Crippen molar-refractivity contribution in [3.8, 4) is 17.0 Å². The van der Waals surface area contributed by atoms with Gasteiger partial charge in [-0.3, -0.25) is 4.98 Å². The first-order chi connectivity index (χ1) is 20.6. The predicted molar refractivity (Wildman–Crippen MR) is 160 cm³/mol. The Labute approximate surface area is 252 Å². The van der Waals surface area contributed by atoms with Gasteiger partial charge in [0.2, 0.25) is 10.0 Å². The van der Waals surface area contributed by atoms with Gasteiger partial charge in [-0.15, -0.1) is 0 Å². The quantitative estimate of drug-likeness (QED) is 0.270. The number of sulfonamides is 1. The van der Waals surface area contributed by atoms with E-state index in [1.807, 2.05) is 18.2 Å². The Morgan fingerprint density at radius 2 is 1.79 bits per heavy atom. The summed E-state index contributed by atoms with van der Waals surface area (Å²) in [5.41, 5.74) is 1.23. The number of ether oxygens (including phenoxy) is 2. The molecule has 5 rings (SSSR count). The van der Waals surface area contributed by atoms with Gasteiger partial charge in [-0.2, -0.15) is 4.31 Å². The van der Waals surface area contributed by atoms with E-state index in [4.69, 9.17) is 14.6 Å². The number of nitrogens with zero attached hydrogens (tertiary/aromatic N) is 2. The first kappa shape index (κ1) is 31.5. The van der Waals surface area contributed by atoms with Gasteiger partial charge in [0.05, 0.1) is 40.1 Å². The van der Waals surface area contributed by atoms with E-state index < -0.39 is 38.2 Å². The van der Waals surface area contributed by atoms with Gasteiger partial charge in [0.15, 0.2) is 9.84 Å². The summed E-state index contributed by atoms with van der Waals surface area (Å²) >= 11 is 0. The third-order valence-electron chi connectivity index (χ3n) is 7.90. The van der Waals surface area contributed by atoms with Crippen molar-refractivity contribution in [1.82, 2.24) is 14.6 Å². The minimum atomic E-state index is -3.64. The minimum Gasteiger partial charge on any atom is -0.491 e. The smallest absolute Gasteiger partial charge is 0.243 e. The molecule has 3 N–H and O–H groups in total. The fourth-order valence-corrected chi connectivity index (χ4v) is 7.99. The molecule has 2 atom stereocenters. The topological polar surface area (TPSA) is 155 Å². The van der Waals surface area contributed by atoms with E-state index in [1.54, 1.807) is 42.6 Å². The fraction of sp³-hybridized carbons (Fsp3) is 0.433. The maximum absolute atomic E-state index is 13.3. The number of pyridine rings is 1. The van der Waals surface area contributed by atoms with Gasteiger partial charge >= 0.3 is 0 Å². The summed E-state index contributed by atoms with van der Waals surface area (Å²) in [4.78, 5) is 4.62. The van der Waals surface area contributed by atoms with Crippen LogP contribution in [0.4, 0.5) is 0 Å². The summed E-state index contributed by atoms with van der Waals surface area (Å²) in [5.74, 6) is -0.0600. The summed E-state index contributed by atoms with van der Waals surface area (Å²) < 4.78 is 64.3. The van der Waals surface area contributed by atoms with Crippen LogP contribution in [-0.4, -0.2) is 99.3 Å². The summed E-state index contributed by atoms with van der Waals surface area (Å²) in [6.45, 7) is 0.928. The lowest BCUT2D eigenvalue weighted by molar-refractivity contribution is -0.0312. The van der Waals surface area contributed by atoms with E-state index in [0.29, 0.717) is 44.7 Å². The molecule has 0 bridgehead atoms. The van der Waals surface area contributed by atoms with Crippen molar-refractivity contribution in [1.29, 1.82) is 0 Å². The lowest BCUT2D eigenvalue weighted by atomic mass is 9.88. The van der Waals surface area contributed by atoms with E-state index in [9.17, 15) is 21.9 Å². The highest BCUT2D eigenvalue weighted by Crippen LogP contribution is 2.37. The second-order valence-corrected chi connectivity index (χ2v) is 15.0. The van der Waals surface area contributed by atoms with Crippen molar-refractivity contribution in [2.45, 2.75) is 46.8 Å². The zero-order chi connectivity index (χ0) is 30.5. The molecule has 3 heterocycles. The average Bonchev–Trinajstić information content (AvgIpc) is 3.41. The Balaban J connectivity index is 1.07. The molecule has 3 aromatic rings. The van der Waals surface area contributed by atoms with E-state index in [1.165, 1.54) is 16.4 Å². The van der Waals surface area contributed by atoms with E-state index in [2.05, 4.69) is 10.3 Å². The second-order valence-electron chi connectivity index (χ2n) is 10.9. The first-order valence-corrected chi connectivity index (χ1v) is 17.3. The van der Waals surface area contributed by atoms with Crippen LogP contribution in [0.25, 0.3) is 11.3 Å². The first-order valence-electron chi connectivity index (χ1n) is 14.2. The molecule has 2 aliphatic heterocycles. The van der Waals surface area contributed by atoms with Gasteiger partial charge in [0.25, 0.3) is 0 Å². The maximum Gasteiger partial charge on any atom is 0.243 e. The number of nitrogens with one attached hydrogen (secondary N) is 1. The Bertz CT molecular complexity index is 1580. The minimum absolute atomic E-state index is 0.00361. The molecule has 1 aromatic heterocycles. The van der Waals surface area contributed by atoms with Crippen LogP contribution in [0.2, 0.25) is 0 Å². The Hall–Kier alpha value is -2.91. The van der Waals surface area contributed by atoms with Crippen LogP contribution in [0.15, 0.2) is 82.7 Å². The molecule has 0 saturated carbocycles. The summed E-state index contributed by atoms with van der Waals surface area (Å²) in [6, 6.07) is 18.4. The Morgan fingerprint density at radius 1 is 1.02 bits per heavy atom. The molecule has 1 unspecified atom stereocenters. The van der Waals surface area contributed by atoms with Crippen molar-refractivity contribution in [3.63, 3.8) is 0 Å². The van der Waals surface area contributed by atoms with Crippen LogP contribution in [0, 0.1) is 0 Å². The molecule has 11 nitrogen and oxygen atoms in total. The van der Waals surface area contributed by atoms with Crippen molar-refractivity contribution >= 4 is 19.9 Å². The SMILES string of the molecule is O=S(=O)(CCO)c1cccc(OCC(O)CN[C@H]2COC3(CCN(S(=O)(=O)c4ccc(-c5ccccn5)cc4)CC3)C2)c1. The standard InChI is InChI=1S/C30H37N3O8S2/c34-16-17-42(36,37)28-5-3-4-26(18-28)40-22-25(35)20-32-24-19-30(41-21-24)11-14-33(15-12-30)43(38,39)27-9-7-23(8-10-27)29-6-1-2-13-31-29/h1-10,13,18,24-25,32,34-35H,11-12,14-17,19-22H2/t24-,25?/m1/s1. The average molecular weight is 632 g/mol. The zero-order valence-electron chi connectivity index (χ0n) is 23.7. The number of aliphatic hydroxyl groups excluding tert-OH is 2. The fourth-order valence-electron chi connectivity index (χ4n) is 5.49. The van der Waals surface area contributed by atoms with Crippen molar-refractivity contribution in [3.05, 3.63) is 72.9 Å². The molecule has 2 aromatic carbocycles. The number of aliphatic hydroxyl groups is 2. The van der Waals surface area contributed by atoms with Crippen molar-refractivity contribution in [2.75, 3.05) is 45.2 Å². The molecule has 1 spiro atoms. The Kier molecular flexibility index (Phi) is 9.81. The second kappa shape index (κ2) is 13.4. The van der Waals surface area contributed by atoms with Gasteiger partial charge in [-0.1, -0.05) is 24.3 Å². The number of aromatic nitrogens is 1. The zero-order valence-corrected chi connectivity index (χ0v) is 25.3. The summed E-state index contributed by atoms with van der Waals surface area (Å²) in [5, 5.41) is 22.7. The molecule has 2 fully saturated rings. The highest BCUT2D eigenvalue weighted by molar-refractivity contribution is 7.91. The molecule has 43 heavy (non-hydrogen) atoms. The van der Waals surface area contributed by atoms with Crippen LogP contribution < -0.4 is 10.1 Å². The lowest BCUT2D eigenvalue weighted by Crippen LogP contribution is -2.47. The summed E-state index contributed by atoms with van der Waals surface area (Å²) in [7, 11) is -7.24. The van der Waals surface area contributed by atoms with Crippen LogP contribution in [0.3, 0.4) is 0 Å². The summed E-state index contributed by atoms with van der Waals surface area (Å²) in [6.07, 6.45) is 2.73. The third kappa shape index (κ3) is 7.60. The Morgan fingerprint density at radius 3 is 2.49 bits per heavy atom. The number of hydrogen-bond donors (Lipinski definition) is 3. The maximum atomic E-state index is 13.3. The highest BCUT2D eigenvalue weighted by atomic mass is 32.2. The van der Waals surface area contributed by atoms with E-state index in [-0.39, 0.29) is 34.7 Å². The van der Waals surface area contributed by atoms with Crippen LogP contribution in [-0.2, 0) is 24.6 Å². The molecule has 232 valence electrons. The molecule has 0 amide bonds. The van der Waals surface area contributed by atoms with E-state index >= 15 is 0 Å². The monoisotopic (exact) mass is 631 g/mol. The van der Waals surface area contributed by atoms with Crippen LogP contribution in [0.5, 0.6) is 5.75 Å². The molecule has 0 aliphatic carbocycles. The molecular formula is C30H37N3O8S2. The molecule has 2 aliphatic rings. The number of piperidine rings is 1. The highest BCUT2D eigenvalue weighted by Gasteiger charge is 2.44. The van der Waals surface area contributed by atoms with Gasteiger partial charge in [0.1, 0.15) is 18.5 Å². The molecule has 13 heteroatoms. The third-order valence-corrected chi connectivity index (χ3v) is 11.5.